The van der Waals surface area contributed by atoms with Crippen molar-refractivity contribution in [2.24, 2.45) is 0 Å². The maximum absolute atomic E-state index is 8.82. The van der Waals surface area contributed by atoms with Crippen LogP contribution in [0.5, 0.6) is 5.75 Å². The zero-order valence-corrected chi connectivity index (χ0v) is 16.9. The number of methoxy groups -OCH3 is 1. The molecule has 1 fully saturated rings. The number of rotatable bonds is 6. The van der Waals surface area contributed by atoms with E-state index < -0.39 is 0 Å². The average Bonchev–Trinajstić information content (AvgIpc) is 2.68. The lowest BCUT2D eigenvalue weighted by molar-refractivity contribution is 0.303. The standard InChI is InChI=1S/C20H24N4O.2ClH/c1-25-19-10-9-17(24-14-21)12-16(19)13-23-18-8-5-11-22-20(18)15-6-3-2-4-7-15;;/h2-4,6-7,9-10,12,18,20,22-24H,5,8,11,13H2,1H3;2*1H/t18-,20-;;/m0../s1. The van der Waals surface area contributed by atoms with Crippen molar-refractivity contribution in [3.8, 4) is 11.9 Å². The summed E-state index contributed by atoms with van der Waals surface area (Å²) in [5.41, 5.74) is 3.13. The third-order valence-electron chi connectivity index (χ3n) is 4.65. The molecule has 0 spiro atoms. The molecule has 1 heterocycles. The van der Waals surface area contributed by atoms with Crippen LogP contribution in [0.2, 0.25) is 0 Å². The summed E-state index contributed by atoms with van der Waals surface area (Å²) in [6.07, 6.45) is 4.25. The first kappa shape index (κ1) is 23.1. The monoisotopic (exact) mass is 408 g/mol. The van der Waals surface area contributed by atoms with E-state index >= 15 is 0 Å². The molecule has 146 valence electrons. The number of piperidine rings is 1. The van der Waals surface area contributed by atoms with Crippen molar-refractivity contribution in [3.63, 3.8) is 0 Å². The fraction of sp³-hybridized carbons (Fsp3) is 0.350. The van der Waals surface area contributed by atoms with E-state index in [0.29, 0.717) is 18.6 Å². The maximum atomic E-state index is 8.82. The van der Waals surface area contributed by atoms with Crippen LogP contribution in [0.1, 0.15) is 30.0 Å². The Labute approximate surface area is 173 Å². The van der Waals surface area contributed by atoms with Gasteiger partial charge in [-0.05, 0) is 43.1 Å². The van der Waals surface area contributed by atoms with Gasteiger partial charge in [-0.2, -0.15) is 5.26 Å². The molecule has 3 rings (SSSR count). The molecule has 0 aliphatic carbocycles. The van der Waals surface area contributed by atoms with E-state index in [-0.39, 0.29) is 24.8 Å². The first-order chi connectivity index (χ1) is 12.3. The Kier molecular flexibility index (Phi) is 9.98. The van der Waals surface area contributed by atoms with Gasteiger partial charge in [0.2, 0.25) is 0 Å². The van der Waals surface area contributed by atoms with Gasteiger partial charge in [-0.3, -0.25) is 5.32 Å². The minimum absolute atomic E-state index is 0. The van der Waals surface area contributed by atoms with Gasteiger partial charge < -0.3 is 15.4 Å². The maximum Gasteiger partial charge on any atom is 0.181 e. The summed E-state index contributed by atoms with van der Waals surface area (Å²) in [7, 11) is 1.67. The highest BCUT2D eigenvalue weighted by molar-refractivity contribution is 5.85. The van der Waals surface area contributed by atoms with Crippen molar-refractivity contribution in [1.82, 2.24) is 10.6 Å². The van der Waals surface area contributed by atoms with Gasteiger partial charge in [0, 0.05) is 29.9 Å². The second kappa shape index (κ2) is 11.7. The number of nitrogens with one attached hydrogen (secondary N) is 3. The van der Waals surface area contributed by atoms with Crippen LogP contribution in [0.25, 0.3) is 0 Å². The molecule has 2 atom stereocenters. The van der Waals surface area contributed by atoms with Crippen LogP contribution in [0, 0.1) is 11.5 Å². The quantitative estimate of drug-likeness (QED) is 0.497. The smallest absolute Gasteiger partial charge is 0.181 e. The average molecular weight is 409 g/mol. The van der Waals surface area contributed by atoms with Crippen molar-refractivity contribution in [2.75, 3.05) is 19.0 Å². The van der Waals surface area contributed by atoms with Crippen molar-refractivity contribution in [1.29, 1.82) is 5.26 Å². The summed E-state index contributed by atoms with van der Waals surface area (Å²) in [5, 5.41) is 18.8. The van der Waals surface area contributed by atoms with Gasteiger partial charge in [0.15, 0.2) is 6.19 Å². The van der Waals surface area contributed by atoms with E-state index in [4.69, 9.17) is 10.00 Å². The molecule has 0 radical (unpaired) electrons. The number of ether oxygens (including phenoxy) is 1. The Bertz CT molecular complexity index is 737. The highest BCUT2D eigenvalue weighted by Gasteiger charge is 2.25. The van der Waals surface area contributed by atoms with Crippen LogP contribution in [-0.4, -0.2) is 19.7 Å². The van der Waals surface area contributed by atoms with Crippen LogP contribution < -0.4 is 20.7 Å². The van der Waals surface area contributed by atoms with Crippen molar-refractivity contribution < 1.29 is 4.74 Å². The molecule has 7 heteroatoms. The first-order valence-corrected chi connectivity index (χ1v) is 8.65. The first-order valence-electron chi connectivity index (χ1n) is 8.65. The molecule has 2 aromatic carbocycles. The van der Waals surface area contributed by atoms with Gasteiger partial charge in [-0.25, -0.2) is 0 Å². The normalized spacial score (nSPS) is 18.4. The highest BCUT2D eigenvalue weighted by Crippen LogP contribution is 2.26. The van der Waals surface area contributed by atoms with Crippen LogP contribution in [0.3, 0.4) is 0 Å². The van der Waals surface area contributed by atoms with E-state index in [0.717, 1.165) is 36.4 Å². The summed E-state index contributed by atoms with van der Waals surface area (Å²) >= 11 is 0. The highest BCUT2D eigenvalue weighted by atomic mass is 35.5. The third-order valence-corrected chi connectivity index (χ3v) is 4.65. The lowest BCUT2D eigenvalue weighted by atomic mass is 9.92. The van der Waals surface area contributed by atoms with Gasteiger partial charge in [0.25, 0.3) is 0 Å². The second-order valence-electron chi connectivity index (χ2n) is 6.24. The summed E-state index contributed by atoms with van der Waals surface area (Å²) in [5.74, 6) is 0.830. The van der Waals surface area contributed by atoms with Crippen LogP contribution in [-0.2, 0) is 6.54 Å². The number of benzene rings is 2. The minimum atomic E-state index is 0. The molecule has 1 aliphatic rings. The largest absolute Gasteiger partial charge is 0.496 e. The summed E-state index contributed by atoms with van der Waals surface area (Å²) in [6.45, 7) is 1.74. The van der Waals surface area contributed by atoms with Gasteiger partial charge in [-0.15, -0.1) is 24.8 Å². The van der Waals surface area contributed by atoms with Crippen molar-refractivity contribution >= 4 is 30.5 Å². The summed E-state index contributed by atoms with van der Waals surface area (Å²) in [6, 6.07) is 16.9. The second-order valence-corrected chi connectivity index (χ2v) is 6.24. The molecule has 3 N–H and O–H groups in total. The number of hydrogen-bond acceptors (Lipinski definition) is 5. The Hall–Kier alpha value is -1.97. The van der Waals surface area contributed by atoms with E-state index in [1.54, 1.807) is 7.11 Å². The van der Waals surface area contributed by atoms with Crippen LogP contribution >= 0.6 is 24.8 Å². The molecule has 2 aromatic rings. The SMILES string of the molecule is COc1ccc(NC#N)cc1CN[C@H]1CCCN[C@H]1c1ccccc1.Cl.Cl. The van der Waals surface area contributed by atoms with Crippen LogP contribution in [0.4, 0.5) is 5.69 Å². The number of nitriles is 1. The summed E-state index contributed by atoms with van der Waals surface area (Å²) < 4.78 is 5.46. The molecule has 0 unspecified atom stereocenters. The van der Waals surface area contributed by atoms with E-state index in [1.807, 2.05) is 30.5 Å². The zero-order valence-electron chi connectivity index (χ0n) is 15.3. The van der Waals surface area contributed by atoms with Crippen molar-refractivity contribution in [2.45, 2.75) is 31.5 Å². The van der Waals surface area contributed by atoms with E-state index in [9.17, 15) is 0 Å². The van der Waals surface area contributed by atoms with Gasteiger partial charge in [-0.1, -0.05) is 30.3 Å². The Morgan fingerprint density at radius 1 is 1.19 bits per heavy atom. The van der Waals surface area contributed by atoms with Gasteiger partial charge in [0.05, 0.1) is 7.11 Å². The lowest BCUT2D eigenvalue weighted by Gasteiger charge is -2.34. The fourth-order valence-electron chi connectivity index (χ4n) is 3.42. The third kappa shape index (κ3) is 6.02. The molecule has 1 saturated heterocycles. The summed E-state index contributed by atoms with van der Waals surface area (Å²) in [4.78, 5) is 0. The molecule has 27 heavy (non-hydrogen) atoms. The molecule has 1 aliphatic heterocycles. The Balaban J connectivity index is 0.00000182. The predicted molar refractivity (Wildman–Crippen MR) is 114 cm³/mol. The molecule has 0 saturated carbocycles. The zero-order chi connectivity index (χ0) is 17.5. The predicted octanol–water partition coefficient (Wildman–Crippen LogP) is 4.01. The molecule has 0 bridgehead atoms. The fourth-order valence-corrected chi connectivity index (χ4v) is 3.42. The molecule has 0 amide bonds. The molecule has 0 aromatic heterocycles. The minimum Gasteiger partial charge on any atom is -0.496 e. The van der Waals surface area contributed by atoms with Gasteiger partial charge >= 0.3 is 0 Å². The lowest BCUT2D eigenvalue weighted by Crippen LogP contribution is -2.45. The number of nitrogens with zero attached hydrogens (tertiary/aromatic N) is 1. The Morgan fingerprint density at radius 2 is 1.96 bits per heavy atom. The van der Waals surface area contributed by atoms with E-state index in [1.165, 1.54) is 5.56 Å². The van der Waals surface area contributed by atoms with Gasteiger partial charge in [0.1, 0.15) is 5.75 Å². The van der Waals surface area contributed by atoms with Crippen molar-refractivity contribution in [3.05, 3.63) is 59.7 Å². The topological polar surface area (TPSA) is 69.1 Å². The molecular weight excluding hydrogens is 383 g/mol. The molecule has 5 nitrogen and oxygen atoms in total. The number of anilines is 1. The van der Waals surface area contributed by atoms with E-state index in [2.05, 4.69) is 40.2 Å². The number of halogens is 2. The van der Waals surface area contributed by atoms with Crippen LogP contribution in [0.15, 0.2) is 48.5 Å². The molecular formula is C20H26Cl2N4O. The number of hydrogen-bond donors (Lipinski definition) is 3. The Morgan fingerprint density at radius 3 is 2.67 bits per heavy atom.